The van der Waals surface area contributed by atoms with Crippen LogP contribution in [0.1, 0.15) is 21.9 Å². The van der Waals surface area contributed by atoms with Crippen molar-refractivity contribution in [2.24, 2.45) is 0 Å². The maximum atomic E-state index is 13.2. The Morgan fingerprint density at radius 1 is 1.23 bits per heavy atom. The van der Waals surface area contributed by atoms with Gasteiger partial charge in [0.2, 0.25) is 0 Å². The molecule has 0 aromatic carbocycles. The quantitative estimate of drug-likeness (QED) is 0.432. The first-order chi connectivity index (χ1) is 15.0. The topological polar surface area (TPSA) is 131 Å². The monoisotopic (exact) mass is 416 g/mol. The molecule has 0 saturated carbocycles. The normalized spacial score (nSPS) is 11.3. The average Bonchev–Trinajstić information content (AvgIpc) is 3.42. The van der Waals surface area contributed by atoms with Crippen LogP contribution in [0.15, 0.2) is 68.7 Å². The van der Waals surface area contributed by atoms with Gasteiger partial charge in [-0.25, -0.2) is 4.98 Å². The van der Waals surface area contributed by atoms with Crippen molar-refractivity contribution in [1.29, 1.82) is 5.41 Å². The van der Waals surface area contributed by atoms with E-state index in [-0.39, 0.29) is 40.0 Å². The number of nitrogens with zero attached hydrogens (tertiary/aromatic N) is 4. The number of fused-ring (bicyclic) bond motifs is 2. The highest BCUT2D eigenvalue weighted by Gasteiger charge is 2.19. The number of carbonyl (C=O) groups excluding carboxylic acids is 1. The van der Waals surface area contributed by atoms with Crippen molar-refractivity contribution in [3.05, 3.63) is 87.9 Å². The van der Waals surface area contributed by atoms with Crippen LogP contribution in [0.3, 0.4) is 0 Å². The summed E-state index contributed by atoms with van der Waals surface area (Å²) in [6.45, 7) is 1.82. The predicted octanol–water partition coefficient (Wildman–Crippen LogP) is 2.32. The molecule has 10 heteroatoms. The van der Waals surface area contributed by atoms with Crippen molar-refractivity contribution in [2.45, 2.75) is 13.5 Å². The van der Waals surface area contributed by atoms with E-state index in [1.54, 1.807) is 49.5 Å². The van der Waals surface area contributed by atoms with Crippen molar-refractivity contribution in [3.8, 4) is 0 Å². The number of furan rings is 1. The van der Waals surface area contributed by atoms with E-state index in [4.69, 9.17) is 14.3 Å². The van der Waals surface area contributed by atoms with Crippen molar-refractivity contribution in [1.82, 2.24) is 19.1 Å². The van der Waals surface area contributed by atoms with E-state index in [0.29, 0.717) is 17.2 Å². The highest BCUT2D eigenvalue weighted by molar-refractivity contribution is 6.05. The SMILES string of the molecule is Cc1cc(NC(=O)c2cc3c(=O)n4ccccc4nc3n(Cc3ccco3)c2=N)no1. The van der Waals surface area contributed by atoms with E-state index in [0.717, 1.165) is 0 Å². The van der Waals surface area contributed by atoms with Crippen LogP contribution in [0.2, 0.25) is 0 Å². The van der Waals surface area contributed by atoms with E-state index < -0.39 is 5.91 Å². The summed E-state index contributed by atoms with van der Waals surface area (Å²) < 4.78 is 13.3. The number of nitrogens with one attached hydrogen (secondary N) is 2. The van der Waals surface area contributed by atoms with Crippen molar-refractivity contribution < 1.29 is 13.7 Å². The molecule has 0 aliphatic heterocycles. The van der Waals surface area contributed by atoms with Crippen LogP contribution in [0.25, 0.3) is 16.7 Å². The zero-order chi connectivity index (χ0) is 21.5. The molecule has 5 heterocycles. The molecule has 5 aromatic rings. The number of pyridine rings is 2. The molecule has 0 unspecified atom stereocenters. The minimum absolute atomic E-state index is 0.00510. The summed E-state index contributed by atoms with van der Waals surface area (Å²) in [6.07, 6.45) is 3.12. The zero-order valence-electron chi connectivity index (χ0n) is 16.3. The smallest absolute Gasteiger partial charge is 0.267 e. The lowest BCUT2D eigenvalue weighted by atomic mass is 10.2. The highest BCUT2D eigenvalue weighted by Crippen LogP contribution is 2.14. The third-order valence-electron chi connectivity index (χ3n) is 4.83. The largest absolute Gasteiger partial charge is 0.467 e. The second kappa shape index (κ2) is 7.10. The first-order valence-corrected chi connectivity index (χ1v) is 9.38. The summed E-state index contributed by atoms with van der Waals surface area (Å²) in [7, 11) is 0. The minimum Gasteiger partial charge on any atom is -0.467 e. The molecule has 5 rings (SSSR count). The molecule has 31 heavy (non-hydrogen) atoms. The maximum Gasteiger partial charge on any atom is 0.267 e. The number of hydrogen-bond donors (Lipinski definition) is 2. The zero-order valence-corrected chi connectivity index (χ0v) is 16.3. The molecule has 5 aromatic heterocycles. The van der Waals surface area contributed by atoms with Crippen LogP contribution < -0.4 is 16.4 Å². The van der Waals surface area contributed by atoms with Gasteiger partial charge in [0.25, 0.3) is 11.5 Å². The number of aromatic nitrogens is 4. The van der Waals surface area contributed by atoms with Gasteiger partial charge in [0.15, 0.2) is 5.82 Å². The summed E-state index contributed by atoms with van der Waals surface area (Å²) in [4.78, 5) is 30.7. The Hall–Kier alpha value is -4.47. The fourth-order valence-corrected chi connectivity index (χ4v) is 3.38. The van der Waals surface area contributed by atoms with Gasteiger partial charge in [-0.15, -0.1) is 0 Å². The van der Waals surface area contributed by atoms with E-state index in [2.05, 4.69) is 15.5 Å². The Morgan fingerprint density at radius 2 is 2.10 bits per heavy atom. The van der Waals surface area contributed by atoms with Gasteiger partial charge in [-0.2, -0.15) is 0 Å². The third-order valence-corrected chi connectivity index (χ3v) is 4.83. The van der Waals surface area contributed by atoms with Gasteiger partial charge in [0.05, 0.1) is 23.8 Å². The lowest BCUT2D eigenvalue weighted by molar-refractivity contribution is 0.102. The van der Waals surface area contributed by atoms with E-state index >= 15 is 0 Å². The van der Waals surface area contributed by atoms with Gasteiger partial charge in [-0.1, -0.05) is 11.2 Å². The predicted molar refractivity (Wildman–Crippen MR) is 110 cm³/mol. The van der Waals surface area contributed by atoms with Gasteiger partial charge < -0.3 is 18.8 Å². The minimum atomic E-state index is -0.592. The molecule has 2 N–H and O–H groups in total. The number of rotatable bonds is 4. The Kier molecular flexibility index (Phi) is 4.25. The Balaban J connectivity index is 1.76. The molecule has 0 atom stereocenters. The van der Waals surface area contributed by atoms with Gasteiger partial charge in [0.1, 0.15) is 28.3 Å². The van der Waals surface area contributed by atoms with Gasteiger partial charge in [0, 0.05) is 12.3 Å². The lowest BCUT2D eigenvalue weighted by Gasteiger charge is -2.13. The first-order valence-electron chi connectivity index (χ1n) is 9.38. The summed E-state index contributed by atoms with van der Waals surface area (Å²) >= 11 is 0. The molecule has 0 bridgehead atoms. The Bertz CT molecular complexity index is 1560. The summed E-state index contributed by atoms with van der Waals surface area (Å²) in [5, 5.41) is 15.2. The summed E-state index contributed by atoms with van der Waals surface area (Å²) in [6, 6.07) is 11.6. The van der Waals surface area contributed by atoms with Gasteiger partial charge in [-0.3, -0.25) is 19.4 Å². The van der Waals surface area contributed by atoms with Crippen LogP contribution >= 0.6 is 0 Å². The van der Waals surface area contributed by atoms with Crippen LogP contribution in [0.5, 0.6) is 0 Å². The number of carbonyl (C=O) groups is 1. The summed E-state index contributed by atoms with van der Waals surface area (Å²) in [5.74, 6) is 0.708. The van der Waals surface area contributed by atoms with Crippen LogP contribution in [-0.2, 0) is 6.54 Å². The molecule has 1 amide bonds. The molecule has 0 saturated heterocycles. The fourth-order valence-electron chi connectivity index (χ4n) is 3.38. The van der Waals surface area contributed by atoms with Crippen molar-refractivity contribution >= 4 is 28.4 Å². The molecule has 154 valence electrons. The van der Waals surface area contributed by atoms with Gasteiger partial charge in [-0.05, 0) is 37.3 Å². The number of aryl methyl sites for hydroxylation is 1. The van der Waals surface area contributed by atoms with E-state index in [1.807, 2.05) is 0 Å². The fraction of sp³-hybridized carbons (Fsp3) is 0.0952. The second-order valence-corrected chi connectivity index (χ2v) is 6.93. The molecule has 0 spiro atoms. The van der Waals surface area contributed by atoms with Crippen molar-refractivity contribution in [2.75, 3.05) is 5.32 Å². The standard InChI is InChI=1S/C21H16N6O4/c1-12-9-16(25-31-12)23-20(28)14-10-15-19(24-17-6-2-3-7-26(17)21(15)29)27(18(14)22)11-13-5-4-8-30-13/h2-10,22H,11H2,1H3,(H,23,25,28). The molecule has 0 fully saturated rings. The molecule has 0 radical (unpaired) electrons. The Labute approximate surface area is 173 Å². The highest BCUT2D eigenvalue weighted by atomic mass is 16.5. The summed E-state index contributed by atoms with van der Waals surface area (Å²) in [5.41, 5.74) is 0.248. The van der Waals surface area contributed by atoms with Crippen LogP contribution in [-0.4, -0.2) is 25.0 Å². The molecular weight excluding hydrogens is 400 g/mol. The molecule has 10 nitrogen and oxygen atoms in total. The molecule has 0 aliphatic rings. The number of amides is 1. The van der Waals surface area contributed by atoms with Crippen molar-refractivity contribution in [3.63, 3.8) is 0 Å². The van der Waals surface area contributed by atoms with E-state index in [1.165, 1.54) is 21.3 Å². The Morgan fingerprint density at radius 3 is 2.84 bits per heavy atom. The van der Waals surface area contributed by atoms with Crippen LogP contribution in [0, 0.1) is 12.3 Å². The van der Waals surface area contributed by atoms with Crippen LogP contribution in [0.4, 0.5) is 5.82 Å². The average molecular weight is 416 g/mol. The third kappa shape index (κ3) is 3.19. The van der Waals surface area contributed by atoms with E-state index in [9.17, 15) is 9.59 Å². The first kappa shape index (κ1) is 18.6. The number of hydrogen-bond acceptors (Lipinski definition) is 7. The maximum absolute atomic E-state index is 13.2. The lowest BCUT2D eigenvalue weighted by Crippen LogP contribution is -2.32. The number of anilines is 1. The van der Waals surface area contributed by atoms with Gasteiger partial charge >= 0.3 is 0 Å². The molecule has 0 aliphatic carbocycles. The second-order valence-electron chi connectivity index (χ2n) is 6.93. The molecular formula is C21H16N6O4.